The number of nitrogens with one attached hydrogen (secondary N) is 2. The van der Waals surface area contributed by atoms with Gasteiger partial charge in [0.15, 0.2) is 0 Å². The Morgan fingerprint density at radius 3 is 2.80 bits per heavy atom. The van der Waals surface area contributed by atoms with Crippen LogP contribution in [0.1, 0.15) is 25.7 Å². The summed E-state index contributed by atoms with van der Waals surface area (Å²) >= 11 is 1.81. The summed E-state index contributed by atoms with van der Waals surface area (Å²) < 4.78 is 0. The van der Waals surface area contributed by atoms with E-state index in [9.17, 15) is 4.79 Å². The van der Waals surface area contributed by atoms with Crippen LogP contribution >= 0.6 is 24.2 Å². The molecule has 0 aromatic rings. The molecule has 2 saturated heterocycles. The van der Waals surface area contributed by atoms with Crippen LogP contribution in [0, 0.1) is 0 Å². The number of carbonyl (C=O) groups excluding carboxylic acids is 1. The molecule has 3 nitrogen and oxygen atoms in total. The quantitative estimate of drug-likeness (QED) is 0.773. The second kappa shape index (κ2) is 6.61. The molecule has 5 heteroatoms. The first-order valence-electron chi connectivity index (χ1n) is 5.49. The first-order chi connectivity index (χ1) is 6.86. The maximum Gasteiger partial charge on any atom is 0.233 e. The molecular weight excluding hydrogens is 232 g/mol. The summed E-state index contributed by atoms with van der Waals surface area (Å²) in [5.74, 6) is 1.42. The predicted molar refractivity (Wildman–Crippen MR) is 66.8 cm³/mol. The van der Waals surface area contributed by atoms with Crippen molar-refractivity contribution in [2.24, 2.45) is 0 Å². The van der Waals surface area contributed by atoms with E-state index in [0.717, 1.165) is 31.7 Å². The summed E-state index contributed by atoms with van der Waals surface area (Å²) in [5, 5.41) is 6.68. The third-order valence-corrected chi connectivity index (χ3v) is 4.24. The number of hydrogen-bond acceptors (Lipinski definition) is 3. The molecule has 2 heterocycles. The van der Waals surface area contributed by atoms with E-state index >= 15 is 0 Å². The lowest BCUT2D eigenvalue weighted by molar-refractivity contribution is -0.121. The van der Waals surface area contributed by atoms with E-state index in [-0.39, 0.29) is 23.6 Å². The standard InChI is InChI=1S/C10H18N2OS.ClH/c13-10(9-4-2-6-14-9)12-8-3-1-5-11-7-8;/h8-9,11H,1-7H2,(H,12,13);1H/t8-,9?;/m0./s1. The largest absolute Gasteiger partial charge is 0.351 e. The van der Waals surface area contributed by atoms with Gasteiger partial charge in [0.25, 0.3) is 0 Å². The maximum atomic E-state index is 11.8. The lowest BCUT2D eigenvalue weighted by atomic mass is 10.1. The van der Waals surface area contributed by atoms with Crippen molar-refractivity contribution in [3.05, 3.63) is 0 Å². The first-order valence-corrected chi connectivity index (χ1v) is 6.54. The fraction of sp³-hybridized carbons (Fsp3) is 0.900. The van der Waals surface area contributed by atoms with Gasteiger partial charge in [-0.3, -0.25) is 4.79 Å². The highest BCUT2D eigenvalue weighted by Gasteiger charge is 2.25. The molecule has 2 atom stereocenters. The Morgan fingerprint density at radius 1 is 1.33 bits per heavy atom. The second-order valence-electron chi connectivity index (χ2n) is 4.05. The molecule has 15 heavy (non-hydrogen) atoms. The van der Waals surface area contributed by atoms with Crippen molar-refractivity contribution >= 4 is 30.1 Å². The summed E-state index contributed by atoms with van der Waals surface area (Å²) in [6.45, 7) is 2.05. The average molecular weight is 251 g/mol. The van der Waals surface area contributed by atoms with Crippen LogP contribution in [0.15, 0.2) is 0 Å². The molecule has 0 aromatic heterocycles. The van der Waals surface area contributed by atoms with Crippen molar-refractivity contribution in [3.63, 3.8) is 0 Å². The van der Waals surface area contributed by atoms with Gasteiger partial charge in [-0.05, 0) is 38.0 Å². The van der Waals surface area contributed by atoms with Gasteiger partial charge in [-0.25, -0.2) is 0 Å². The van der Waals surface area contributed by atoms with Gasteiger partial charge in [-0.2, -0.15) is 0 Å². The van der Waals surface area contributed by atoms with Crippen LogP contribution in [-0.4, -0.2) is 36.0 Å². The predicted octanol–water partition coefficient (Wildman–Crippen LogP) is 1.17. The van der Waals surface area contributed by atoms with Gasteiger partial charge in [0.05, 0.1) is 5.25 Å². The Hall–Kier alpha value is 0.0700. The Bertz CT molecular complexity index is 204. The van der Waals surface area contributed by atoms with Gasteiger partial charge in [-0.15, -0.1) is 24.2 Å². The van der Waals surface area contributed by atoms with Crippen molar-refractivity contribution in [2.75, 3.05) is 18.8 Å². The van der Waals surface area contributed by atoms with Crippen LogP contribution < -0.4 is 10.6 Å². The number of halogens is 1. The third kappa shape index (κ3) is 3.85. The molecule has 0 aromatic carbocycles. The lowest BCUT2D eigenvalue weighted by Crippen LogP contribution is -2.47. The van der Waals surface area contributed by atoms with Gasteiger partial charge >= 0.3 is 0 Å². The highest BCUT2D eigenvalue weighted by molar-refractivity contribution is 8.00. The van der Waals surface area contributed by atoms with E-state index in [2.05, 4.69) is 10.6 Å². The van der Waals surface area contributed by atoms with Gasteiger partial charge in [-0.1, -0.05) is 0 Å². The SMILES string of the molecule is Cl.O=C(N[C@H]1CCCNC1)C1CCCS1. The van der Waals surface area contributed by atoms with Crippen LogP contribution in [-0.2, 0) is 4.79 Å². The number of hydrogen-bond donors (Lipinski definition) is 2. The molecule has 0 saturated carbocycles. The highest BCUT2D eigenvalue weighted by atomic mass is 35.5. The van der Waals surface area contributed by atoms with Crippen LogP contribution in [0.2, 0.25) is 0 Å². The van der Waals surface area contributed by atoms with E-state index in [1.165, 1.54) is 12.8 Å². The molecule has 2 aliphatic heterocycles. The third-order valence-electron chi connectivity index (χ3n) is 2.87. The van der Waals surface area contributed by atoms with Crippen molar-refractivity contribution in [2.45, 2.75) is 37.0 Å². The Morgan fingerprint density at radius 2 is 2.20 bits per heavy atom. The summed E-state index contributed by atoms with van der Waals surface area (Å²) in [4.78, 5) is 11.8. The van der Waals surface area contributed by atoms with E-state index < -0.39 is 0 Å². The zero-order chi connectivity index (χ0) is 9.80. The molecule has 2 fully saturated rings. The smallest absolute Gasteiger partial charge is 0.233 e. The van der Waals surface area contributed by atoms with E-state index in [1.54, 1.807) is 11.8 Å². The molecule has 2 aliphatic rings. The number of piperidine rings is 1. The first kappa shape index (κ1) is 13.1. The molecule has 2 rings (SSSR count). The maximum absolute atomic E-state index is 11.8. The second-order valence-corrected chi connectivity index (χ2v) is 5.36. The van der Waals surface area contributed by atoms with Gasteiger partial charge in [0.2, 0.25) is 5.91 Å². The fourth-order valence-corrected chi connectivity index (χ4v) is 3.22. The van der Waals surface area contributed by atoms with E-state index in [1.807, 2.05) is 0 Å². The molecule has 2 N–H and O–H groups in total. The summed E-state index contributed by atoms with van der Waals surface area (Å²) in [7, 11) is 0. The minimum absolute atomic E-state index is 0. The summed E-state index contributed by atoms with van der Waals surface area (Å²) in [5.41, 5.74) is 0. The van der Waals surface area contributed by atoms with Gasteiger partial charge in [0.1, 0.15) is 0 Å². The average Bonchev–Trinajstić information content (AvgIpc) is 2.72. The Balaban J connectivity index is 0.00000112. The van der Waals surface area contributed by atoms with E-state index in [4.69, 9.17) is 0 Å². The molecule has 1 amide bonds. The summed E-state index contributed by atoms with van der Waals surface area (Å²) in [6.07, 6.45) is 4.58. The molecule has 88 valence electrons. The molecule has 1 unspecified atom stereocenters. The van der Waals surface area contributed by atoms with Crippen molar-refractivity contribution in [1.82, 2.24) is 10.6 Å². The number of amides is 1. The normalized spacial score (nSPS) is 30.7. The topological polar surface area (TPSA) is 41.1 Å². The van der Waals surface area contributed by atoms with Gasteiger partial charge in [0, 0.05) is 12.6 Å². The monoisotopic (exact) mass is 250 g/mol. The number of thioether (sulfide) groups is 1. The zero-order valence-electron chi connectivity index (χ0n) is 8.83. The minimum atomic E-state index is 0. The molecule has 0 aliphatic carbocycles. The van der Waals surface area contributed by atoms with Crippen molar-refractivity contribution < 1.29 is 4.79 Å². The zero-order valence-corrected chi connectivity index (χ0v) is 10.5. The summed E-state index contributed by atoms with van der Waals surface area (Å²) in [6, 6.07) is 0.373. The lowest BCUT2D eigenvalue weighted by Gasteiger charge is -2.24. The highest BCUT2D eigenvalue weighted by Crippen LogP contribution is 2.26. The molecular formula is C10H19ClN2OS. The van der Waals surface area contributed by atoms with Gasteiger partial charge < -0.3 is 10.6 Å². The number of carbonyl (C=O) groups is 1. The van der Waals surface area contributed by atoms with Crippen LogP contribution in [0.4, 0.5) is 0 Å². The molecule has 0 radical (unpaired) electrons. The van der Waals surface area contributed by atoms with Crippen LogP contribution in [0.5, 0.6) is 0 Å². The minimum Gasteiger partial charge on any atom is -0.351 e. The Labute approximate surface area is 102 Å². The molecule has 0 spiro atoms. The number of rotatable bonds is 2. The van der Waals surface area contributed by atoms with E-state index in [0.29, 0.717) is 6.04 Å². The fourth-order valence-electron chi connectivity index (χ4n) is 2.05. The van der Waals surface area contributed by atoms with Crippen molar-refractivity contribution in [3.8, 4) is 0 Å². The van der Waals surface area contributed by atoms with Crippen molar-refractivity contribution in [1.29, 1.82) is 0 Å². The molecule has 0 bridgehead atoms. The van der Waals surface area contributed by atoms with Crippen LogP contribution in [0.25, 0.3) is 0 Å². The Kier molecular flexibility index (Phi) is 5.79. The van der Waals surface area contributed by atoms with Crippen LogP contribution in [0.3, 0.4) is 0 Å².